The molecule has 1 atom stereocenters. The van der Waals surface area contributed by atoms with E-state index in [2.05, 4.69) is 32.4 Å². The van der Waals surface area contributed by atoms with Crippen molar-refractivity contribution in [1.29, 1.82) is 0 Å². The molecule has 2 aromatic rings. The lowest BCUT2D eigenvalue weighted by atomic mass is 9.80. The van der Waals surface area contributed by atoms with Crippen LogP contribution >= 0.6 is 0 Å². The topological polar surface area (TPSA) is 145 Å². The van der Waals surface area contributed by atoms with Gasteiger partial charge >= 0.3 is 0 Å². The van der Waals surface area contributed by atoms with Crippen molar-refractivity contribution in [2.75, 3.05) is 32.8 Å². The summed E-state index contributed by atoms with van der Waals surface area (Å²) in [6.07, 6.45) is 1.71. The summed E-state index contributed by atoms with van der Waals surface area (Å²) in [7, 11) is -3.67. The largest absolute Gasteiger partial charge is 0.396 e. The number of piperidine rings is 1. The molecule has 3 rings (SSSR count). The van der Waals surface area contributed by atoms with Gasteiger partial charge in [-0.2, -0.15) is 0 Å². The Morgan fingerprint density at radius 1 is 0.976 bits per heavy atom. The van der Waals surface area contributed by atoms with Gasteiger partial charge in [0.2, 0.25) is 21.7 Å². The molecule has 1 aliphatic heterocycles. The van der Waals surface area contributed by atoms with Crippen LogP contribution < -0.4 is 15.4 Å². The third-order valence-electron chi connectivity index (χ3n) is 8.08. The lowest BCUT2D eigenvalue weighted by molar-refractivity contribution is -0.138. The summed E-state index contributed by atoms with van der Waals surface area (Å²) in [5, 5.41) is 14.6. The number of carbonyl (C=O) groups is 3. The number of hydrogen-bond acceptors (Lipinski definition) is 7. The van der Waals surface area contributed by atoms with E-state index in [-0.39, 0.29) is 42.8 Å². The van der Waals surface area contributed by atoms with Crippen molar-refractivity contribution in [2.24, 2.45) is 17.3 Å². The Morgan fingerprint density at radius 2 is 1.62 bits per heavy atom. The molecular weight excluding hydrogens is 556 g/mol. The average molecular weight is 601 g/mol. The van der Waals surface area contributed by atoms with Crippen molar-refractivity contribution in [1.82, 2.24) is 20.3 Å². The average Bonchev–Trinajstić information content (AvgIpc) is 2.99. The summed E-state index contributed by atoms with van der Waals surface area (Å²) in [5.74, 6) is -1.92. The third-order valence-corrected chi connectivity index (χ3v) is 9.52. The van der Waals surface area contributed by atoms with Gasteiger partial charge in [0.15, 0.2) is 0 Å². The number of rotatable bonds is 15. The minimum atomic E-state index is -3.67. The fourth-order valence-electron chi connectivity index (χ4n) is 4.63. The number of likely N-dealkylation sites (tertiary alicyclic amines) is 1. The van der Waals surface area contributed by atoms with Crippen LogP contribution in [0.1, 0.15) is 51.2 Å². The summed E-state index contributed by atoms with van der Waals surface area (Å²) < 4.78 is 28.4. The van der Waals surface area contributed by atoms with Gasteiger partial charge in [-0.05, 0) is 60.5 Å². The van der Waals surface area contributed by atoms with Crippen LogP contribution in [0.4, 0.5) is 0 Å². The summed E-state index contributed by atoms with van der Waals surface area (Å²) in [4.78, 5) is 39.1. The monoisotopic (exact) mass is 600 g/mol. The van der Waals surface area contributed by atoms with Crippen LogP contribution in [0.5, 0.6) is 0 Å². The van der Waals surface area contributed by atoms with E-state index in [9.17, 15) is 27.9 Å². The molecule has 230 valence electrons. The molecule has 2 aromatic carbocycles. The minimum Gasteiger partial charge on any atom is -0.396 e. The van der Waals surface area contributed by atoms with Crippen molar-refractivity contribution in [3.63, 3.8) is 0 Å². The first-order valence-electron chi connectivity index (χ1n) is 14.5. The standard InChI is InChI=1S/C31H44N4O6S/c1-23(31(2,3)22-36)29(38)32-16-13-28(37)30(39)33-19-24-9-11-27(12-10-24)42(40,41)34-20-25-14-17-35(18-15-25)21-26-7-5-4-6-8-26/h4-12,23,25,34,36H,13-22H2,1-3H3,(H,32,38)(H,33,39). The highest BCUT2D eigenvalue weighted by atomic mass is 32.2. The first kappa shape index (κ1) is 33.4. The molecule has 0 radical (unpaired) electrons. The van der Waals surface area contributed by atoms with E-state index in [0.29, 0.717) is 12.1 Å². The highest BCUT2D eigenvalue weighted by Crippen LogP contribution is 2.25. The molecule has 1 fully saturated rings. The summed E-state index contributed by atoms with van der Waals surface area (Å²) in [6, 6.07) is 16.5. The number of amides is 2. The first-order valence-corrected chi connectivity index (χ1v) is 15.9. The number of sulfonamides is 1. The maximum atomic E-state index is 12.8. The van der Waals surface area contributed by atoms with Crippen molar-refractivity contribution < 1.29 is 27.9 Å². The number of ketones is 1. The quantitative estimate of drug-likeness (QED) is 0.230. The summed E-state index contributed by atoms with van der Waals surface area (Å²) >= 11 is 0. The molecule has 1 saturated heterocycles. The van der Waals surface area contributed by atoms with E-state index in [1.165, 1.54) is 17.7 Å². The number of nitrogens with one attached hydrogen (secondary N) is 3. The Morgan fingerprint density at radius 3 is 2.24 bits per heavy atom. The fourth-order valence-corrected chi connectivity index (χ4v) is 5.74. The van der Waals surface area contributed by atoms with E-state index in [4.69, 9.17) is 0 Å². The Balaban J connectivity index is 1.37. The second-order valence-electron chi connectivity index (χ2n) is 11.7. The van der Waals surface area contributed by atoms with Crippen LogP contribution in [0.2, 0.25) is 0 Å². The lowest BCUT2D eigenvalue weighted by Crippen LogP contribution is -2.40. The predicted molar refractivity (Wildman–Crippen MR) is 161 cm³/mol. The second kappa shape index (κ2) is 15.4. The number of hydrogen-bond donors (Lipinski definition) is 4. The molecule has 10 nitrogen and oxygen atoms in total. The number of carbonyl (C=O) groups excluding carboxylic acids is 3. The summed E-state index contributed by atoms with van der Waals surface area (Å²) in [5.41, 5.74) is 1.33. The smallest absolute Gasteiger partial charge is 0.287 e. The van der Waals surface area contributed by atoms with Gasteiger partial charge < -0.3 is 15.7 Å². The van der Waals surface area contributed by atoms with Gasteiger partial charge in [0, 0.05) is 45.1 Å². The van der Waals surface area contributed by atoms with Gasteiger partial charge in [-0.3, -0.25) is 19.3 Å². The molecule has 0 bridgehead atoms. The number of aliphatic hydroxyl groups excluding tert-OH is 1. The van der Waals surface area contributed by atoms with E-state index < -0.39 is 33.0 Å². The fraction of sp³-hybridized carbons (Fsp3) is 0.516. The number of Topliss-reactive ketones (excluding diaryl/α,β-unsaturated/α-hetero) is 1. The first-order chi connectivity index (χ1) is 19.9. The number of nitrogens with zero attached hydrogens (tertiary/aromatic N) is 1. The van der Waals surface area contributed by atoms with Gasteiger partial charge in [0.05, 0.1) is 4.90 Å². The molecule has 1 aliphatic rings. The molecule has 0 saturated carbocycles. The van der Waals surface area contributed by atoms with Gasteiger partial charge in [0.1, 0.15) is 0 Å². The molecule has 0 aromatic heterocycles. The number of benzene rings is 2. The molecule has 1 heterocycles. The van der Waals surface area contributed by atoms with Crippen LogP contribution in [0.3, 0.4) is 0 Å². The molecule has 11 heteroatoms. The molecule has 0 aliphatic carbocycles. The predicted octanol–water partition coefficient (Wildman–Crippen LogP) is 2.22. The third kappa shape index (κ3) is 10.0. The molecule has 4 N–H and O–H groups in total. The Bertz CT molecular complexity index is 1290. The maximum absolute atomic E-state index is 12.8. The molecular formula is C31H44N4O6S. The SMILES string of the molecule is CC(C(=O)NCCC(=O)C(=O)NCc1ccc(S(=O)(=O)NCC2CCN(Cc3ccccc3)CC2)cc1)C(C)(C)CO. The van der Waals surface area contributed by atoms with Crippen molar-refractivity contribution in [3.8, 4) is 0 Å². The molecule has 2 amide bonds. The van der Waals surface area contributed by atoms with E-state index in [1.54, 1.807) is 32.9 Å². The van der Waals surface area contributed by atoms with Crippen LogP contribution in [0, 0.1) is 17.3 Å². The zero-order valence-electron chi connectivity index (χ0n) is 24.8. The zero-order chi connectivity index (χ0) is 30.8. The maximum Gasteiger partial charge on any atom is 0.287 e. The van der Waals surface area contributed by atoms with E-state index in [1.807, 2.05) is 18.2 Å². The minimum absolute atomic E-state index is 0.0172. The van der Waals surface area contributed by atoms with Gasteiger partial charge in [-0.1, -0.05) is 63.2 Å². The van der Waals surface area contributed by atoms with Crippen molar-refractivity contribution >= 4 is 27.6 Å². The Labute approximate surface area is 249 Å². The van der Waals surface area contributed by atoms with Crippen molar-refractivity contribution in [2.45, 2.75) is 58.0 Å². The van der Waals surface area contributed by atoms with Gasteiger partial charge in [0.25, 0.3) is 5.91 Å². The van der Waals surface area contributed by atoms with E-state index in [0.717, 1.165) is 32.5 Å². The molecule has 42 heavy (non-hydrogen) atoms. The normalized spacial score (nSPS) is 15.6. The van der Waals surface area contributed by atoms with Crippen LogP contribution in [0.25, 0.3) is 0 Å². The molecule has 1 unspecified atom stereocenters. The highest BCUT2D eigenvalue weighted by Gasteiger charge is 2.30. The Kier molecular flexibility index (Phi) is 12.2. The number of aliphatic hydroxyl groups is 1. The van der Waals surface area contributed by atoms with Crippen LogP contribution in [0.15, 0.2) is 59.5 Å². The molecule has 0 spiro atoms. The zero-order valence-corrected chi connectivity index (χ0v) is 25.6. The lowest BCUT2D eigenvalue weighted by Gasteiger charge is -2.32. The van der Waals surface area contributed by atoms with Crippen molar-refractivity contribution in [3.05, 3.63) is 65.7 Å². The second-order valence-corrected chi connectivity index (χ2v) is 13.5. The summed E-state index contributed by atoms with van der Waals surface area (Å²) in [6.45, 7) is 8.33. The van der Waals surface area contributed by atoms with Gasteiger partial charge in [-0.25, -0.2) is 13.1 Å². The van der Waals surface area contributed by atoms with Gasteiger partial charge in [-0.15, -0.1) is 0 Å². The van der Waals surface area contributed by atoms with Crippen LogP contribution in [-0.4, -0.2) is 68.8 Å². The van der Waals surface area contributed by atoms with E-state index >= 15 is 0 Å². The Hall–Kier alpha value is -3.12. The highest BCUT2D eigenvalue weighted by molar-refractivity contribution is 7.89. The van der Waals surface area contributed by atoms with Crippen LogP contribution in [-0.2, 0) is 37.5 Å².